The molecule has 0 radical (unpaired) electrons. The van der Waals surface area contributed by atoms with Crippen LogP contribution in [-0.4, -0.2) is 82.6 Å². The van der Waals surface area contributed by atoms with E-state index in [1.807, 2.05) is 53.0 Å². The number of allylic oxidation sites excluding steroid dienone is 1. The monoisotopic (exact) mass is 538 g/mol. The summed E-state index contributed by atoms with van der Waals surface area (Å²) in [5.74, 6) is 0.0444. The van der Waals surface area contributed by atoms with Crippen LogP contribution >= 0.6 is 0 Å². The fourth-order valence-electron chi connectivity index (χ4n) is 5.41. The van der Waals surface area contributed by atoms with Crippen LogP contribution in [0.25, 0.3) is 28.2 Å². The number of aromatic hydroxyl groups is 1. The van der Waals surface area contributed by atoms with Crippen molar-refractivity contribution in [1.29, 1.82) is 0 Å². The lowest BCUT2D eigenvalue weighted by Gasteiger charge is -2.34. The Morgan fingerprint density at radius 2 is 1.88 bits per heavy atom. The third-order valence-corrected chi connectivity index (χ3v) is 7.56. The van der Waals surface area contributed by atoms with Gasteiger partial charge in [0, 0.05) is 75.8 Å². The molecular weight excluding hydrogens is 508 g/mol. The lowest BCUT2D eigenvalue weighted by Crippen LogP contribution is -2.49. The largest absolute Gasteiger partial charge is 0.507 e. The van der Waals surface area contributed by atoms with Crippen molar-refractivity contribution in [3.63, 3.8) is 0 Å². The number of benzene rings is 2. The number of hydrogen-bond donors (Lipinski definition) is 1. The van der Waals surface area contributed by atoms with Gasteiger partial charge in [0.2, 0.25) is 5.78 Å². The molecule has 0 bridgehead atoms. The Bertz CT molecular complexity index is 1630. The second-order valence-corrected chi connectivity index (χ2v) is 10.0. The molecule has 0 saturated carbocycles. The first-order chi connectivity index (χ1) is 19.4. The Morgan fingerprint density at radius 1 is 1.10 bits per heavy atom. The van der Waals surface area contributed by atoms with E-state index in [0.717, 1.165) is 47.4 Å². The number of pyridine rings is 1. The quantitative estimate of drug-likeness (QED) is 0.371. The fraction of sp³-hybridized carbons (Fsp3) is 0.258. The SMILES string of the molecule is COCCN1CCN(C(=O)c2ccc(-c3ccnc4c3c(/C=C3\Oc5cccc(O)c5C3=O)cn4C)cc2)CC1. The lowest BCUT2D eigenvalue weighted by molar-refractivity contribution is 0.0594. The third-order valence-electron chi connectivity index (χ3n) is 7.56. The van der Waals surface area contributed by atoms with Gasteiger partial charge in [-0.25, -0.2) is 4.98 Å². The van der Waals surface area contributed by atoms with Crippen LogP contribution in [0.5, 0.6) is 11.5 Å². The van der Waals surface area contributed by atoms with E-state index in [1.54, 1.807) is 31.5 Å². The van der Waals surface area contributed by atoms with Crippen molar-refractivity contribution in [2.24, 2.45) is 7.05 Å². The molecule has 2 aromatic carbocycles. The zero-order chi connectivity index (χ0) is 27.8. The Kier molecular flexibility index (Phi) is 6.83. The molecule has 1 N–H and O–H groups in total. The molecule has 40 heavy (non-hydrogen) atoms. The molecule has 0 aliphatic carbocycles. The summed E-state index contributed by atoms with van der Waals surface area (Å²) in [5.41, 5.74) is 4.19. The van der Waals surface area contributed by atoms with Gasteiger partial charge >= 0.3 is 0 Å². The van der Waals surface area contributed by atoms with E-state index in [9.17, 15) is 14.7 Å². The van der Waals surface area contributed by atoms with Crippen molar-refractivity contribution in [2.75, 3.05) is 46.4 Å². The van der Waals surface area contributed by atoms with Crippen LogP contribution in [0, 0.1) is 0 Å². The van der Waals surface area contributed by atoms with Crippen molar-refractivity contribution in [1.82, 2.24) is 19.4 Å². The number of phenols is 1. The van der Waals surface area contributed by atoms with Gasteiger partial charge in [0.05, 0.1) is 6.61 Å². The minimum absolute atomic E-state index is 0.0302. The van der Waals surface area contributed by atoms with E-state index in [1.165, 1.54) is 6.07 Å². The highest BCUT2D eigenvalue weighted by molar-refractivity contribution is 6.17. The van der Waals surface area contributed by atoms with Crippen molar-refractivity contribution < 1.29 is 24.2 Å². The molecule has 0 spiro atoms. The average Bonchev–Trinajstić information content (AvgIpc) is 3.48. The van der Waals surface area contributed by atoms with Crippen molar-refractivity contribution in [3.05, 3.63) is 83.4 Å². The molecule has 1 fully saturated rings. The molecule has 2 aliphatic heterocycles. The number of Topliss-reactive ketones (excluding diaryl/α,β-unsaturated/α-hetero) is 1. The van der Waals surface area contributed by atoms with Crippen molar-refractivity contribution in [3.8, 4) is 22.6 Å². The number of ketones is 1. The smallest absolute Gasteiger partial charge is 0.253 e. The second-order valence-electron chi connectivity index (χ2n) is 10.0. The summed E-state index contributed by atoms with van der Waals surface area (Å²) in [6, 6.07) is 14.3. The number of piperazine rings is 1. The van der Waals surface area contributed by atoms with Gasteiger partial charge < -0.3 is 24.0 Å². The Hall–Kier alpha value is -4.47. The maximum atomic E-state index is 13.2. The molecule has 4 aromatic rings. The van der Waals surface area contributed by atoms with Gasteiger partial charge in [-0.15, -0.1) is 0 Å². The molecule has 1 saturated heterocycles. The summed E-state index contributed by atoms with van der Waals surface area (Å²) in [6.07, 6.45) is 5.35. The summed E-state index contributed by atoms with van der Waals surface area (Å²) in [5, 5.41) is 11.0. The molecule has 204 valence electrons. The van der Waals surface area contributed by atoms with Gasteiger partial charge in [0.1, 0.15) is 22.7 Å². The van der Waals surface area contributed by atoms with Gasteiger partial charge in [0.25, 0.3) is 5.91 Å². The Labute approximate surface area is 231 Å². The molecule has 4 heterocycles. The zero-order valence-electron chi connectivity index (χ0n) is 22.5. The first kappa shape index (κ1) is 25.8. The number of aromatic nitrogens is 2. The Balaban J connectivity index is 1.27. The predicted octanol–water partition coefficient (Wildman–Crippen LogP) is 3.97. The zero-order valence-corrected chi connectivity index (χ0v) is 22.5. The molecule has 0 unspecified atom stereocenters. The number of fused-ring (bicyclic) bond motifs is 2. The summed E-state index contributed by atoms with van der Waals surface area (Å²) in [6.45, 7) is 4.64. The van der Waals surface area contributed by atoms with Crippen LogP contribution in [0.3, 0.4) is 0 Å². The lowest BCUT2D eigenvalue weighted by atomic mass is 9.99. The normalized spacial score (nSPS) is 16.5. The van der Waals surface area contributed by atoms with Gasteiger partial charge in [0.15, 0.2) is 5.76 Å². The number of ether oxygens (including phenoxy) is 2. The van der Waals surface area contributed by atoms with Gasteiger partial charge in [-0.1, -0.05) is 18.2 Å². The molecule has 1 amide bonds. The standard InChI is InChI=1S/C31H30N4O5/c1-33-19-22(18-26-29(37)28-24(36)4-3-5-25(28)40-26)27-23(10-11-32-30(27)33)20-6-8-21(9-7-20)31(38)35-14-12-34(13-15-35)16-17-39-2/h3-11,18-19,36H,12-17H2,1-2H3/b26-18-. The number of carbonyl (C=O) groups is 2. The van der Waals surface area contributed by atoms with Crippen LogP contribution in [-0.2, 0) is 11.8 Å². The van der Waals surface area contributed by atoms with Crippen molar-refractivity contribution in [2.45, 2.75) is 0 Å². The minimum atomic E-state index is -0.363. The maximum Gasteiger partial charge on any atom is 0.253 e. The maximum absolute atomic E-state index is 13.2. The number of aryl methyl sites for hydroxylation is 1. The highest BCUT2D eigenvalue weighted by atomic mass is 16.5. The number of rotatable bonds is 6. The minimum Gasteiger partial charge on any atom is -0.507 e. The molecule has 9 heteroatoms. The second kappa shape index (κ2) is 10.6. The molecule has 6 rings (SSSR count). The van der Waals surface area contributed by atoms with Crippen LogP contribution in [0.4, 0.5) is 0 Å². The summed E-state index contributed by atoms with van der Waals surface area (Å²) in [7, 11) is 3.60. The predicted molar refractivity (Wildman–Crippen MR) is 151 cm³/mol. The number of phenolic OH excluding ortho intramolecular Hbond substituents is 1. The van der Waals surface area contributed by atoms with Crippen LogP contribution in [0.1, 0.15) is 26.3 Å². The average molecular weight is 539 g/mol. The van der Waals surface area contributed by atoms with E-state index in [2.05, 4.69) is 9.88 Å². The first-order valence-electron chi connectivity index (χ1n) is 13.3. The van der Waals surface area contributed by atoms with Gasteiger partial charge in [-0.3, -0.25) is 14.5 Å². The number of hydrogen-bond acceptors (Lipinski definition) is 7. The molecule has 2 aromatic heterocycles. The third kappa shape index (κ3) is 4.63. The number of amides is 1. The van der Waals surface area contributed by atoms with Gasteiger partial charge in [-0.2, -0.15) is 0 Å². The highest BCUT2D eigenvalue weighted by Crippen LogP contribution is 2.39. The number of nitrogens with zero attached hydrogens (tertiary/aromatic N) is 4. The Morgan fingerprint density at radius 3 is 2.60 bits per heavy atom. The van der Waals surface area contributed by atoms with Crippen LogP contribution < -0.4 is 4.74 Å². The van der Waals surface area contributed by atoms with Gasteiger partial charge in [-0.05, 0) is 47.5 Å². The number of methoxy groups -OCH3 is 1. The fourth-order valence-corrected chi connectivity index (χ4v) is 5.41. The van der Waals surface area contributed by atoms with E-state index in [0.29, 0.717) is 31.0 Å². The molecular formula is C31H30N4O5. The molecule has 0 atom stereocenters. The summed E-state index contributed by atoms with van der Waals surface area (Å²) >= 11 is 0. The summed E-state index contributed by atoms with van der Waals surface area (Å²) in [4.78, 5) is 34.9. The molecule has 9 nitrogen and oxygen atoms in total. The first-order valence-corrected chi connectivity index (χ1v) is 13.3. The van der Waals surface area contributed by atoms with Crippen LogP contribution in [0.2, 0.25) is 0 Å². The van der Waals surface area contributed by atoms with Crippen molar-refractivity contribution >= 4 is 28.8 Å². The van der Waals surface area contributed by atoms with E-state index >= 15 is 0 Å². The van der Waals surface area contributed by atoms with E-state index in [4.69, 9.17) is 9.47 Å². The van der Waals surface area contributed by atoms with Crippen LogP contribution in [0.15, 0.2) is 66.7 Å². The molecule has 2 aliphatic rings. The van der Waals surface area contributed by atoms with E-state index < -0.39 is 0 Å². The highest BCUT2D eigenvalue weighted by Gasteiger charge is 2.31. The van der Waals surface area contributed by atoms with E-state index in [-0.39, 0.29) is 28.8 Å². The number of carbonyl (C=O) groups excluding carboxylic acids is 2. The summed E-state index contributed by atoms with van der Waals surface area (Å²) < 4.78 is 12.9. The topological polar surface area (TPSA) is 97.1 Å².